The lowest BCUT2D eigenvalue weighted by Gasteiger charge is -1.93. The van der Waals surface area contributed by atoms with Gasteiger partial charge in [-0.25, -0.2) is 0 Å². The molecule has 2 aromatic heterocycles. The number of aromatic nitrogens is 2. The molecule has 6 heteroatoms. The van der Waals surface area contributed by atoms with Gasteiger partial charge in [0.15, 0.2) is 5.76 Å². The molecule has 0 radical (unpaired) electrons. The molecule has 0 bridgehead atoms. The number of furan rings is 1. The van der Waals surface area contributed by atoms with Crippen molar-refractivity contribution in [2.24, 2.45) is 0 Å². The standard InChI is InChI=1S/C11H7N3O3/c15-14(16)7-3-4-8-9(6-7)12-13-11(8)10-2-1-5-17-10/h1-6H,(H,12,13). The summed E-state index contributed by atoms with van der Waals surface area (Å²) in [6.07, 6.45) is 1.56. The van der Waals surface area contributed by atoms with Crippen LogP contribution in [-0.4, -0.2) is 15.1 Å². The Morgan fingerprint density at radius 2 is 2.24 bits per heavy atom. The second-order valence-corrected chi connectivity index (χ2v) is 3.54. The van der Waals surface area contributed by atoms with Gasteiger partial charge >= 0.3 is 0 Å². The van der Waals surface area contributed by atoms with Gasteiger partial charge in [-0.3, -0.25) is 15.2 Å². The van der Waals surface area contributed by atoms with E-state index < -0.39 is 4.92 Å². The first-order valence-electron chi connectivity index (χ1n) is 4.92. The van der Waals surface area contributed by atoms with E-state index >= 15 is 0 Å². The Bertz CT molecular complexity index is 685. The van der Waals surface area contributed by atoms with Gasteiger partial charge in [-0.2, -0.15) is 5.10 Å². The van der Waals surface area contributed by atoms with Crippen LogP contribution < -0.4 is 0 Å². The highest BCUT2D eigenvalue weighted by Gasteiger charge is 2.13. The molecule has 0 aliphatic carbocycles. The van der Waals surface area contributed by atoms with E-state index in [1.807, 2.05) is 0 Å². The van der Waals surface area contributed by atoms with E-state index in [1.165, 1.54) is 12.1 Å². The van der Waals surface area contributed by atoms with Gasteiger partial charge < -0.3 is 4.42 Å². The Labute approximate surface area is 95.0 Å². The number of nitro groups is 1. The number of benzene rings is 1. The number of H-pyrrole nitrogens is 1. The second-order valence-electron chi connectivity index (χ2n) is 3.54. The maximum atomic E-state index is 10.6. The summed E-state index contributed by atoms with van der Waals surface area (Å²) in [6.45, 7) is 0. The van der Waals surface area contributed by atoms with Gasteiger partial charge in [-0.1, -0.05) is 0 Å². The van der Waals surface area contributed by atoms with Crippen LogP contribution in [0.1, 0.15) is 0 Å². The van der Waals surface area contributed by atoms with E-state index in [-0.39, 0.29) is 5.69 Å². The monoisotopic (exact) mass is 229 g/mol. The van der Waals surface area contributed by atoms with Gasteiger partial charge in [0.2, 0.25) is 0 Å². The number of nitro benzene ring substituents is 1. The van der Waals surface area contributed by atoms with Gasteiger partial charge in [0.05, 0.1) is 16.7 Å². The van der Waals surface area contributed by atoms with Gasteiger partial charge in [0.1, 0.15) is 5.69 Å². The fourth-order valence-electron chi connectivity index (χ4n) is 1.72. The first kappa shape index (κ1) is 9.59. The molecule has 0 fully saturated rings. The van der Waals surface area contributed by atoms with E-state index in [0.717, 1.165) is 5.39 Å². The molecule has 0 saturated heterocycles. The zero-order chi connectivity index (χ0) is 11.8. The summed E-state index contributed by atoms with van der Waals surface area (Å²) in [6, 6.07) is 8.12. The summed E-state index contributed by atoms with van der Waals surface area (Å²) >= 11 is 0. The van der Waals surface area contributed by atoms with Crippen LogP contribution in [0.5, 0.6) is 0 Å². The number of hydrogen-bond donors (Lipinski definition) is 1. The predicted molar refractivity (Wildman–Crippen MR) is 60.5 cm³/mol. The van der Waals surface area contributed by atoms with Gasteiger partial charge in [-0.05, 0) is 18.2 Å². The SMILES string of the molecule is O=[N+]([O-])c1ccc2c(-c3ccco3)n[nH]c2c1. The van der Waals surface area contributed by atoms with E-state index in [9.17, 15) is 10.1 Å². The van der Waals surface area contributed by atoms with Crippen LogP contribution >= 0.6 is 0 Å². The maximum Gasteiger partial charge on any atom is 0.271 e. The summed E-state index contributed by atoms with van der Waals surface area (Å²) in [7, 11) is 0. The lowest BCUT2D eigenvalue weighted by Crippen LogP contribution is -1.86. The Morgan fingerprint density at radius 3 is 2.94 bits per heavy atom. The first-order chi connectivity index (χ1) is 8.25. The average Bonchev–Trinajstić information content (AvgIpc) is 2.96. The molecule has 0 saturated carbocycles. The molecule has 2 heterocycles. The molecule has 84 valence electrons. The van der Waals surface area contributed by atoms with E-state index in [2.05, 4.69) is 10.2 Å². The second kappa shape index (κ2) is 3.44. The minimum Gasteiger partial charge on any atom is -0.463 e. The normalized spacial score (nSPS) is 10.8. The molecule has 0 unspecified atom stereocenters. The zero-order valence-corrected chi connectivity index (χ0v) is 8.58. The fourth-order valence-corrected chi connectivity index (χ4v) is 1.72. The van der Waals surface area contributed by atoms with Crippen molar-refractivity contribution in [1.82, 2.24) is 10.2 Å². The van der Waals surface area contributed by atoms with Crippen molar-refractivity contribution in [2.45, 2.75) is 0 Å². The number of rotatable bonds is 2. The highest BCUT2D eigenvalue weighted by Crippen LogP contribution is 2.28. The van der Waals surface area contributed by atoms with Gasteiger partial charge in [-0.15, -0.1) is 0 Å². The lowest BCUT2D eigenvalue weighted by atomic mass is 10.1. The first-order valence-corrected chi connectivity index (χ1v) is 4.92. The van der Waals surface area contributed by atoms with Crippen molar-refractivity contribution >= 4 is 16.6 Å². The van der Waals surface area contributed by atoms with Gasteiger partial charge in [0, 0.05) is 17.5 Å². The van der Waals surface area contributed by atoms with E-state index in [4.69, 9.17) is 4.42 Å². The third-order valence-electron chi connectivity index (χ3n) is 2.51. The van der Waals surface area contributed by atoms with Crippen LogP contribution in [0.15, 0.2) is 41.0 Å². The number of hydrogen-bond acceptors (Lipinski definition) is 4. The molecule has 0 spiro atoms. The van der Waals surface area contributed by atoms with Crippen LogP contribution in [0.3, 0.4) is 0 Å². The topological polar surface area (TPSA) is 85.0 Å². The predicted octanol–water partition coefficient (Wildman–Crippen LogP) is 2.73. The quantitative estimate of drug-likeness (QED) is 0.540. The highest BCUT2D eigenvalue weighted by molar-refractivity contribution is 5.92. The summed E-state index contributed by atoms with van der Waals surface area (Å²) in [5.41, 5.74) is 1.30. The third-order valence-corrected chi connectivity index (χ3v) is 2.51. The Hall–Kier alpha value is -2.63. The van der Waals surface area contributed by atoms with Crippen LogP contribution in [-0.2, 0) is 0 Å². The van der Waals surface area contributed by atoms with Crippen LogP contribution in [0.2, 0.25) is 0 Å². The molecule has 0 atom stereocenters. The molecule has 0 aliphatic rings. The molecule has 1 aromatic carbocycles. The molecule has 3 rings (SSSR count). The average molecular weight is 229 g/mol. The molecule has 0 aliphatic heterocycles. The Morgan fingerprint density at radius 1 is 1.35 bits per heavy atom. The van der Waals surface area contributed by atoms with E-state index in [0.29, 0.717) is 17.0 Å². The molecular weight excluding hydrogens is 222 g/mol. The highest BCUT2D eigenvalue weighted by atomic mass is 16.6. The Balaban J connectivity index is 2.21. The van der Waals surface area contributed by atoms with Crippen molar-refractivity contribution in [3.8, 4) is 11.5 Å². The Kier molecular flexibility index (Phi) is 1.94. The summed E-state index contributed by atoms with van der Waals surface area (Å²) in [5.74, 6) is 0.630. The van der Waals surface area contributed by atoms with Crippen molar-refractivity contribution in [2.75, 3.05) is 0 Å². The van der Waals surface area contributed by atoms with Crippen molar-refractivity contribution in [3.63, 3.8) is 0 Å². The molecule has 3 aromatic rings. The number of non-ortho nitro benzene ring substituents is 1. The van der Waals surface area contributed by atoms with Gasteiger partial charge in [0.25, 0.3) is 5.69 Å². The summed E-state index contributed by atoms with van der Waals surface area (Å²) in [4.78, 5) is 10.2. The van der Waals surface area contributed by atoms with Crippen molar-refractivity contribution in [1.29, 1.82) is 0 Å². The minimum atomic E-state index is -0.438. The number of aromatic amines is 1. The molecule has 1 N–H and O–H groups in total. The molecule has 17 heavy (non-hydrogen) atoms. The lowest BCUT2D eigenvalue weighted by molar-refractivity contribution is -0.384. The maximum absolute atomic E-state index is 10.6. The van der Waals surface area contributed by atoms with Crippen LogP contribution in [0, 0.1) is 10.1 Å². The molecule has 6 nitrogen and oxygen atoms in total. The fraction of sp³-hybridized carbons (Fsp3) is 0. The number of fused-ring (bicyclic) bond motifs is 1. The minimum absolute atomic E-state index is 0.0344. The van der Waals surface area contributed by atoms with Crippen molar-refractivity contribution < 1.29 is 9.34 Å². The summed E-state index contributed by atoms with van der Waals surface area (Å²) in [5, 5.41) is 18.3. The molecule has 0 amide bonds. The van der Waals surface area contributed by atoms with Crippen LogP contribution in [0.4, 0.5) is 5.69 Å². The smallest absolute Gasteiger partial charge is 0.271 e. The summed E-state index contributed by atoms with van der Waals surface area (Å²) < 4.78 is 5.25. The van der Waals surface area contributed by atoms with E-state index in [1.54, 1.807) is 24.5 Å². The third kappa shape index (κ3) is 1.46. The van der Waals surface area contributed by atoms with Crippen molar-refractivity contribution in [3.05, 3.63) is 46.7 Å². The zero-order valence-electron chi connectivity index (χ0n) is 8.58. The molecular formula is C11H7N3O3. The number of nitrogens with zero attached hydrogens (tertiary/aromatic N) is 2. The number of nitrogens with one attached hydrogen (secondary N) is 1. The largest absolute Gasteiger partial charge is 0.463 e. The van der Waals surface area contributed by atoms with Crippen LogP contribution in [0.25, 0.3) is 22.4 Å².